The summed E-state index contributed by atoms with van der Waals surface area (Å²) in [6.45, 7) is 3.48. The standard InChI is InChI=1S/C24H28F2N6O2/c1-14(2)11-24(25,26)17-12-27-20(30-23(33)15-8-9-15)10-19(17)29-18-7-5-6-16(21(18)34-4)22-28-13-32(3)31-22/h5-7,10,12-15H,8-9,11H2,1-4H3,(H2,27,29,30,33). The van der Waals surface area contributed by atoms with Crippen LogP contribution in [0, 0.1) is 11.8 Å². The van der Waals surface area contributed by atoms with Crippen LogP contribution in [0.4, 0.5) is 26.0 Å². The number of carbonyl (C=O) groups excluding carboxylic acids is 1. The van der Waals surface area contributed by atoms with Gasteiger partial charge in [0.05, 0.1) is 29.6 Å². The van der Waals surface area contributed by atoms with Crippen LogP contribution in [0.2, 0.25) is 0 Å². The predicted octanol–water partition coefficient (Wildman–Crippen LogP) is 5.12. The number of ether oxygens (including phenoxy) is 1. The predicted molar refractivity (Wildman–Crippen MR) is 125 cm³/mol. The summed E-state index contributed by atoms with van der Waals surface area (Å²) in [4.78, 5) is 20.6. The number of aryl methyl sites for hydroxylation is 1. The molecule has 34 heavy (non-hydrogen) atoms. The number of carbonyl (C=O) groups is 1. The van der Waals surface area contributed by atoms with Crippen molar-refractivity contribution in [3.63, 3.8) is 0 Å². The Morgan fingerprint density at radius 3 is 2.65 bits per heavy atom. The maximum atomic E-state index is 15.2. The lowest BCUT2D eigenvalue weighted by Gasteiger charge is -2.23. The summed E-state index contributed by atoms with van der Waals surface area (Å²) in [5.41, 5.74) is 0.949. The van der Waals surface area contributed by atoms with E-state index >= 15 is 8.78 Å². The van der Waals surface area contributed by atoms with Gasteiger partial charge in [0.15, 0.2) is 11.6 Å². The lowest BCUT2D eigenvalue weighted by Crippen LogP contribution is -2.20. The molecule has 2 aromatic heterocycles. The fourth-order valence-electron chi connectivity index (χ4n) is 3.75. The van der Waals surface area contributed by atoms with Crippen LogP contribution < -0.4 is 15.4 Å². The largest absolute Gasteiger partial charge is 0.494 e. The molecule has 2 heterocycles. The van der Waals surface area contributed by atoms with Crippen molar-refractivity contribution in [3.05, 3.63) is 42.4 Å². The van der Waals surface area contributed by atoms with Gasteiger partial charge in [0, 0.05) is 31.6 Å². The van der Waals surface area contributed by atoms with Crippen molar-refractivity contribution in [2.45, 2.75) is 39.0 Å². The molecule has 8 nitrogen and oxygen atoms in total. The van der Waals surface area contributed by atoms with E-state index < -0.39 is 5.92 Å². The van der Waals surface area contributed by atoms with Gasteiger partial charge in [-0.1, -0.05) is 19.9 Å². The van der Waals surface area contributed by atoms with E-state index in [1.54, 1.807) is 50.1 Å². The van der Waals surface area contributed by atoms with Crippen molar-refractivity contribution in [3.8, 4) is 17.1 Å². The number of nitrogens with zero attached hydrogens (tertiary/aromatic N) is 4. The quantitative estimate of drug-likeness (QED) is 0.451. The zero-order valence-corrected chi connectivity index (χ0v) is 19.6. The van der Waals surface area contributed by atoms with E-state index in [1.165, 1.54) is 13.2 Å². The molecule has 1 aliphatic carbocycles. The van der Waals surface area contributed by atoms with E-state index in [2.05, 4.69) is 25.7 Å². The summed E-state index contributed by atoms with van der Waals surface area (Å²) in [6, 6.07) is 6.72. The Morgan fingerprint density at radius 1 is 1.26 bits per heavy atom. The number of hydrogen-bond donors (Lipinski definition) is 2. The summed E-state index contributed by atoms with van der Waals surface area (Å²) in [5.74, 6) is -2.48. The molecule has 0 saturated heterocycles. The molecule has 2 N–H and O–H groups in total. The Kier molecular flexibility index (Phi) is 6.49. The first-order valence-electron chi connectivity index (χ1n) is 11.2. The zero-order chi connectivity index (χ0) is 24.5. The summed E-state index contributed by atoms with van der Waals surface area (Å²) in [7, 11) is 3.25. The first kappa shape index (κ1) is 23.6. The minimum Gasteiger partial charge on any atom is -0.494 e. The van der Waals surface area contributed by atoms with E-state index in [-0.39, 0.29) is 41.2 Å². The summed E-state index contributed by atoms with van der Waals surface area (Å²) in [5, 5.41) is 10.1. The van der Waals surface area contributed by atoms with Crippen LogP contribution in [0.15, 0.2) is 36.8 Å². The normalized spacial score (nSPS) is 13.7. The third-order valence-corrected chi connectivity index (χ3v) is 5.49. The van der Waals surface area contributed by atoms with Crippen LogP contribution in [-0.2, 0) is 17.8 Å². The van der Waals surface area contributed by atoms with Gasteiger partial charge >= 0.3 is 0 Å². The van der Waals surface area contributed by atoms with Gasteiger partial charge in [-0.05, 0) is 30.9 Å². The highest BCUT2D eigenvalue weighted by Gasteiger charge is 2.36. The molecule has 1 aliphatic rings. The molecule has 0 radical (unpaired) electrons. The van der Waals surface area contributed by atoms with Crippen molar-refractivity contribution in [1.29, 1.82) is 0 Å². The van der Waals surface area contributed by atoms with Gasteiger partial charge in [-0.25, -0.2) is 18.7 Å². The monoisotopic (exact) mass is 470 g/mol. The molecule has 1 aromatic carbocycles. The summed E-state index contributed by atoms with van der Waals surface area (Å²) < 4.78 is 37.6. The number of methoxy groups -OCH3 is 1. The second kappa shape index (κ2) is 9.36. The van der Waals surface area contributed by atoms with Gasteiger partial charge in [-0.15, -0.1) is 0 Å². The molecule has 1 amide bonds. The summed E-state index contributed by atoms with van der Waals surface area (Å²) in [6.07, 6.45) is 4.01. The first-order chi connectivity index (χ1) is 16.2. The third kappa shape index (κ3) is 5.16. The van der Waals surface area contributed by atoms with Crippen LogP contribution in [0.1, 0.15) is 38.7 Å². The number of hydrogen-bond acceptors (Lipinski definition) is 6. The van der Waals surface area contributed by atoms with Crippen LogP contribution in [-0.4, -0.2) is 32.8 Å². The van der Waals surface area contributed by atoms with Crippen LogP contribution in [0.25, 0.3) is 11.4 Å². The van der Waals surface area contributed by atoms with Gasteiger partial charge < -0.3 is 15.4 Å². The Labute approximate surface area is 196 Å². The van der Waals surface area contributed by atoms with Crippen molar-refractivity contribution >= 4 is 23.1 Å². The molecule has 0 unspecified atom stereocenters. The number of pyridine rings is 1. The van der Waals surface area contributed by atoms with Gasteiger partial charge in [0.1, 0.15) is 12.1 Å². The number of alkyl halides is 2. The fraction of sp³-hybridized carbons (Fsp3) is 0.417. The molecule has 0 spiro atoms. The van der Waals surface area contributed by atoms with E-state index in [1.807, 2.05) is 0 Å². The average Bonchev–Trinajstić information content (AvgIpc) is 3.53. The maximum absolute atomic E-state index is 15.2. The number of anilines is 3. The average molecular weight is 471 g/mol. The second-order valence-electron chi connectivity index (χ2n) is 8.93. The number of aromatic nitrogens is 4. The Hall–Kier alpha value is -3.56. The highest BCUT2D eigenvalue weighted by Crippen LogP contribution is 2.43. The van der Waals surface area contributed by atoms with Gasteiger partial charge in [-0.2, -0.15) is 5.10 Å². The lowest BCUT2D eigenvalue weighted by molar-refractivity contribution is -0.117. The van der Waals surface area contributed by atoms with E-state index in [9.17, 15) is 4.79 Å². The minimum atomic E-state index is -3.13. The molecular weight excluding hydrogens is 442 g/mol. The molecule has 1 fully saturated rings. The number of para-hydroxylation sites is 1. The van der Waals surface area contributed by atoms with Crippen LogP contribution in [0.3, 0.4) is 0 Å². The number of nitrogens with one attached hydrogen (secondary N) is 2. The number of halogens is 2. The Balaban J connectivity index is 1.75. The third-order valence-electron chi connectivity index (χ3n) is 5.49. The molecule has 1 saturated carbocycles. The van der Waals surface area contributed by atoms with Crippen molar-refractivity contribution in [2.75, 3.05) is 17.7 Å². The fourth-order valence-corrected chi connectivity index (χ4v) is 3.75. The second-order valence-corrected chi connectivity index (χ2v) is 8.93. The molecule has 0 aliphatic heterocycles. The number of rotatable bonds is 9. The van der Waals surface area contributed by atoms with Crippen LogP contribution >= 0.6 is 0 Å². The minimum absolute atomic E-state index is 0.0390. The first-order valence-corrected chi connectivity index (χ1v) is 11.2. The number of benzene rings is 1. The topological polar surface area (TPSA) is 94.0 Å². The zero-order valence-electron chi connectivity index (χ0n) is 19.6. The summed E-state index contributed by atoms with van der Waals surface area (Å²) >= 11 is 0. The maximum Gasteiger partial charge on any atom is 0.276 e. The van der Waals surface area contributed by atoms with Gasteiger partial charge in [0.25, 0.3) is 5.92 Å². The van der Waals surface area contributed by atoms with Gasteiger partial charge in [0.2, 0.25) is 5.91 Å². The van der Waals surface area contributed by atoms with Crippen LogP contribution in [0.5, 0.6) is 5.75 Å². The Bertz CT molecular complexity index is 1190. The molecular formula is C24H28F2N6O2. The molecule has 10 heteroatoms. The van der Waals surface area contributed by atoms with Crippen molar-refractivity contribution in [2.24, 2.45) is 18.9 Å². The smallest absolute Gasteiger partial charge is 0.276 e. The highest BCUT2D eigenvalue weighted by atomic mass is 19.3. The Morgan fingerprint density at radius 2 is 2.03 bits per heavy atom. The highest BCUT2D eigenvalue weighted by molar-refractivity contribution is 5.93. The van der Waals surface area contributed by atoms with Crippen molar-refractivity contribution in [1.82, 2.24) is 19.7 Å². The molecule has 180 valence electrons. The lowest BCUT2D eigenvalue weighted by atomic mass is 9.98. The molecule has 4 rings (SSSR count). The van der Waals surface area contributed by atoms with E-state index in [4.69, 9.17) is 4.74 Å². The van der Waals surface area contributed by atoms with E-state index in [0.717, 1.165) is 19.0 Å². The molecule has 0 bridgehead atoms. The van der Waals surface area contributed by atoms with E-state index in [0.29, 0.717) is 22.8 Å². The van der Waals surface area contributed by atoms with Gasteiger partial charge in [-0.3, -0.25) is 9.48 Å². The van der Waals surface area contributed by atoms with Crippen molar-refractivity contribution < 1.29 is 18.3 Å². The molecule has 0 atom stereocenters. The molecule has 3 aromatic rings. The number of amides is 1. The SMILES string of the molecule is COc1c(Nc2cc(NC(=O)C3CC3)ncc2C(F)(F)CC(C)C)cccc1-c1ncn(C)n1.